The smallest absolute Gasteiger partial charge is 0.258 e. The van der Waals surface area contributed by atoms with E-state index in [-0.39, 0.29) is 21.3 Å². The van der Waals surface area contributed by atoms with Gasteiger partial charge in [0.25, 0.3) is 5.91 Å². The number of hydrogen-bond acceptors (Lipinski definition) is 5. The summed E-state index contributed by atoms with van der Waals surface area (Å²) >= 11 is 6.05. The van der Waals surface area contributed by atoms with Crippen LogP contribution in [0.3, 0.4) is 0 Å². The van der Waals surface area contributed by atoms with Gasteiger partial charge in [0, 0.05) is 19.2 Å². The number of aromatic nitrogens is 1. The number of amides is 1. The molecular weight excluding hydrogens is 354 g/mol. The van der Waals surface area contributed by atoms with Crippen LogP contribution in [0.5, 0.6) is 0 Å². The molecule has 130 valence electrons. The normalized spacial score (nSPS) is 11.7. The van der Waals surface area contributed by atoms with E-state index < -0.39 is 15.9 Å². The average molecular weight is 372 g/mol. The minimum absolute atomic E-state index is 0.0112. The molecule has 0 aliphatic heterocycles. The van der Waals surface area contributed by atoms with Gasteiger partial charge in [-0.1, -0.05) is 30.6 Å². The second-order valence-electron chi connectivity index (χ2n) is 5.01. The van der Waals surface area contributed by atoms with E-state index in [0.29, 0.717) is 18.8 Å². The minimum atomic E-state index is -3.68. The number of benzene rings is 1. The summed E-state index contributed by atoms with van der Waals surface area (Å²) < 4.78 is 31.3. The predicted octanol–water partition coefficient (Wildman–Crippen LogP) is 2.92. The third kappa shape index (κ3) is 3.77. The predicted molar refractivity (Wildman–Crippen MR) is 90.8 cm³/mol. The van der Waals surface area contributed by atoms with Crippen LogP contribution in [0, 0.1) is 6.92 Å². The van der Waals surface area contributed by atoms with E-state index in [1.807, 2.05) is 0 Å². The molecule has 0 radical (unpaired) electrons. The van der Waals surface area contributed by atoms with Crippen LogP contribution in [0.1, 0.15) is 30.0 Å². The summed E-state index contributed by atoms with van der Waals surface area (Å²) in [6.45, 7) is 5.85. The molecule has 2 aromatic rings. The Morgan fingerprint density at radius 3 is 2.50 bits per heavy atom. The van der Waals surface area contributed by atoms with Crippen molar-refractivity contribution >= 4 is 33.3 Å². The summed E-state index contributed by atoms with van der Waals surface area (Å²) in [5, 5.41) is 6.32. The summed E-state index contributed by atoms with van der Waals surface area (Å²) in [5.41, 5.74) is 0.0468. The Bertz CT molecular complexity index is 844. The molecule has 0 saturated heterocycles. The van der Waals surface area contributed by atoms with Gasteiger partial charge in [-0.3, -0.25) is 4.79 Å². The van der Waals surface area contributed by atoms with Gasteiger partial charge in [-0.2, -0.15) is 4.31 Å². The van der Waals surface area contributed by atoms with Crippen LogP contribution in [-0.4, -0.2) is 36.9 Å². The van der Waals surface area contributed by atoms with Gasteiger partial charge in [0.1, 0.15) is 5.76 Å². The van der Waals surface area contributed by atoms with Gasteiger partial charge in [-0.05, 0) is 25.1 Å². The molecule has 7 nitrogen and oxygen atoms in total. The van der Waals surface area contributed by atoms with Crippen LogP contribution >= 0.6 is 11.6 Å². The van der Waals surface area contributed by atoms with Gasteiger partial charge in [0.05, 0.1) is 15.5 Å². The van der Waals surface area contributed by atoms with Gasteiger partial charge in [-0.25, -0.2) is 8.42 Å². The Morgan fingerprint density at radius 2 is 1.96 bits per heavy atom. The fraction of sp³-hybridized carbons (Fsp3) is 0.333. The summed E-state index contributed by atoms with van der Waals surface area (Å²) in [5.74, 6) is 0.199. The standard InChI is InChI=1S/C15H18ClN3O4S/c1-4-19(5-2)24(21,22)11-6-7-13(16)12(9-11)15(20)17-14-8-10(3)23-18-14/h6-9H,4-5H2,1-3H3,(H,17,18,20). The molecule has 1 aromatic heterocycles. The molecule has 0 aliphatic rings. The van der Waals surface area contributed by atoms with Crippen molar-refractivity contribution in [2.75, 3.05) is 18.4 Å². The van der Waals surface area contributed by atoms with Crippen molar-refractivity contribution in [2.24, 2.45) is 0 Å². The first kappa shape index (κ1) is 18.4. The van der Waals surface area contributed by atoms with Gasteiger partial charge < -0.3 is 9.84 Å². The van der Waals surface area contributed by atoms with E-state index in [9.17, 15) is 13.2 Å². The Labute approximate surface area is 145 Å². The maximum absolute atomic E-state index is 12.6. The number of carbonyl (C=O) groups excluding carboxylic acids is 1. The van der Waals surface area contributed by atoms with Crippen molar-refractivity contribution in [1.82, 2.24) is 9.46 Å². The number of carbonyl (C=O) groups is 1. The molecule has 0 saturated carbocycles. The third-order valence-electron chi connectivity index (χ3n) is 3.40. The Balaban J connectivity index is 2.36. The van der Waals surface area contributed by atoms with Crippen molar-refractivity contribution < 1.29 is 17.7 Å². The SMILES string of the molecule is CCN(CC)S(=O)(=O)c1ccc(Cl)c(C(=O)Nc2cc(C)on2)c1. The first-order valence-corrected chi connectivity index (χ1v) is 9.15. The Kier molecular flexibility index (Phi) is 5.63. The number of hydrogen-bond donors (Lipinski definition) is 1. The Hall–Kier alpha value is -1.90. The zero-order valence-electron chi connectivity index (χ0n) is 13.5. The van der Waals surface area contributed by atoms with Crippen LogP contribution < -0.4 is 5.32 Å². The van der Waals surface area contributed by atoms with Gasteiger partial charge in [-0.15, -0.1) is 0 Å². The zero-order chi connectivity index (χ0) is 17.9. The lowest BCUT2D eigenvalue weighted by molar-refractivity contribution is 0.102. The Morgan fingerprint density at radius 1 is 1.29 bits per heavy atom. The maximum atomic E-state index is 12.6. The molecule has 1 aromatic carbocycles. The topological polar surface area (TPSA) is 92.5 Å². The second kappa shape index (κ2) is 7.33. The highest BCUT2D eigenvalue weighted by molar-refractivity contribution is 7.89. The highest BCUT2D eigenvalue weighted by Gasteiger charge is 2.24. The van der Waals surface area contributed by atoms with Gasteiger partial charge >= 0.3 is 0 Å². The van der Waals surface area contributed by atoms with E-state index in [2.05, 4.69) is 10.5 Å². The molecular formula is C15H18ClN3O4S. The van der Waals surface area contributed by atoms with E-state index in [4.69, 9.17) is 16.1 Å². The highest BCUT2D eigenvalue weighted by Crippen LogP contribution is 2.24. The quantitative estimate of drug-likeness (QED) is 0.842. The molecule has 0 atom stereocenters. The van der Waals surface area contributed by atoms with E-state index in [0.717, 1.165) is 0 Å². The minimum Gasteiger partial charge on any atom is -0.360 e. The number of aryl methyl sites for hydroxylation is 1. The monoisotopic (exact) mass is 371 g/mol. The fourth-order valence-corrected chi connectivity index (χ4v) is 3.85. The molecule has 1 N–H and O–H groups in total. The van der Waals surface area contributed by atoms with E-state index in [1.165, 1.54) is 22.5 Å². The van der Waals surface area contributed by atoms with Crippen LogP contribution in [0.4, 0.5) is 5.82 Å². The molecule has 1 amide bonds. The number of halogens is 1. The van der Waals surface area contributed by atoms with Crippen LogP contribution in [0.25, 0.3) is 0 Å². The zero-order valence-corrected chi connectivity index (χ0v) is 15.1. The molecule has 0 aliphatic carbocycles. The van der Waals surface area contributed by atoms with Crippen molar-refractivity contribution in [1.29, 1.82) is 0 Å². The molecule has 2 rings (SSSR count). The van der Waals surface area contributed by atoms with Gasteiger partial charge in [0.2, 0.25) is 10.0 Å². The molecule has 24 heavy (non-hydrogen) atoms. The molecule has 0 unspecified atom stereocenters. The summed E-state index contributed by atoms with van der Waals surface area (Å²) in [4.78, 5) is 12.4. The van der Waals surface area contributed by atoms with Crippen molar-refractivity contribution in [3.63, 3.8) is 0 Å². The number of nitrogens with one attached hydrogen (secondary N) is 1. The molecule has 0 fully saturated rings. The average Bonchev–Trinajstić information content (AvgIpc) is 2.93. The van der Waals surface area contributed by atoms with Crippen molar-refractivity contribution in [3.8, 4) is 0 Å². The largest absolute Gasteiger partial charge is 0.360 e. The first-order chi connectivity index (χ1) is 11.3. The summed E-state index contributed by atoms with van der Waals surface area (Å²) in [6.07, 6.45) is 0. The lowest BCUT2D eigenvalue weighted by atomic mass is 10.2. The van der Waals surface area contributed by atoms with Crippen LogP contribution in [-0.2, 0) is 10.0 Å². The maximum Gasteiger partial charge on any atom is 0.258 e. The highest BCUT2D eigenvalue weighted by atomic mass is 35.5. The van der Waals surface area contributed by atoms with Gasteiger partial charge in [0.15, 0.2) is 5.82 Å². The lowest BCUT2D eigenvalue weighted by Crippen LogP contribution is -2.30. The second-order valence-corrected chi connectivity index (χ2v) is 7.35. The third-order valence-corrected chi connectivity index (χ3v) is 5.77. The number of anilines is 1. The lowest BCUT2D eigenvalue weighted by Gasteiger charge is -2.19. The molecule has 0 spiro atoms. The van der Waals surface area contributed by atoms with E-state index in [1.54, 1.807) is 26.8 Å². The molecule has 0 bridgehead atoms. The van der Waals surface area contributed by atoms with E-state index >= 15 is 0 Å². The molecule has 1 heterocycles. The van der Waals surface area contributed by atoms with Crippen LogP contribution in [0.15, 0.2) is 33.7 Å². The summed E-state index contributed by atoms with van der Waals surface area (Å²) in [7, 11) is -3.68. The first-order valence-electron chi connectivity index (χ1n) is 7.34. The fourth-order valence-electron chi connectivity index (χ4n) is 2.16. The molecule has 9 heteroatoms. The van der Waals surface area contributed by atoms with Crippen molar-refractivity contribution in [2.45, 2.75) is 25.7 Å². The van der Waals surface area contributed by atoms with Crippen molar-refractivity contribution in [3.05, 3.63) is 40.6 Å². The number of nitrogens with zero attached hydrogens (tertiary/aromatic N) is 2. The van der Waals surface area contributed by atoms with Crippen LogP contribution in [0.2, 0.25) is 5.02 Å². The number of rotatable bonds is 6. The number of sulfonamides is 1. The summed E-state index contributed by atoms with van der Waals surface area (Å²) in [6, 6.07) is 5.58.